The van der Waals surface area contributed by atoms with Crippen molar-refractivity contribution in [3.63, 3.8) is 0 Å². The lowest BCUT2D eigenvalue weighted by Gasteiger charge is -2.20. The molecule has 2 rings (SSSR count). The predicted molar refractivity (Wildman–Crippen MR) is 94.4 cm³/mol. The largest absolute Gasteiger partial charge is 0.489 e. The zero-order chi connectivity index (χ0) is 15.2. The number of nitrogens with one attached hydrogen (secondary N) is 1. The van der Waals surface area contributed by atoms with E-state index in [4.69, 9.17) is 10.5 Å². The molecule has 1 aromatic rings. The molecule has 1 amide bonds. The fraction of sp³-hybridized carbons (Fsp3) is 0.562. The van der Waals surface area contributed by atoms with Gasteiger partial charge in [0.2, 0.25) is 5.91 Å². The van der Waals surface area contributed by atoms with Gasteiger partial charge in [-0.2, -0.15) is 0 Å². The van der Waals surface area contributed by atoms with Gasteiger partial charge in [0.15, 0.2) is 0 Å². The van der Waals surface area contributed by atoms with Crippen LogP contribution in [0.15, 0.2) is 28.7 Å². The van der Waals surface area contributed by atoms with Gasteiger partial charge < -0.3 is 15.8 Å². The number of hydrogen-bond donors (Lipinski definition) is 2. The Morgan fingerprint density at radius 2 is 2.27 bits per heavy atom. The topological polar surface area (TPSA) is 64.4 Å². The van der Waals surface area contributed by atoms with Crippen molar-refractivity contribution in [2.24, 2.45) is 17.6 Å². The van der Waals surface area contributed by atoms with Crippen LogP contribution in [0.5, 0.6) is 5.75 Å². The first kappa shape index (κ1) is 19.3. The average Bonchev–Trinajstić information content (AvgIpc) is 2.93. The highest BCUT2D eigenvalue weighted by molar-refractivity contribution is 9.10. The van der Waals surface area contributed by atoms with Gasteiger partial charge in [-0.1, -0.05) is 28.4 Å². The van der Waals surface area contributed by atoms with Crippen molar-refractivity contribution in [2.75, 3.05) is 13.1 Å². The van der Waals surface area contributed by atoms with Crippen molar-refractivity contribution in [1.29, 1.82) is 0 Å². The third-order valence-corrected chi connectivity index (χ3v) is 4.49. The Labute approximate surface area is 146 Å². The second-order valence-corrected chi connectivity index (χ2v) is 6.58. The highest BCUT2D eigenvalue weighted by Crippen LogP contribution is 2.30. The summed E-state index contributed by atoms with van der Waals surface area (Å²) in [5, 5.41) is 2.99. The van der Waals surface area contributed by atoms with E-state index in [9.17, 15) is 4.79 Å². The van der Waals surface area contributed by atoms with Gasteiger partial charge in [-0.25, -0.2) is 0 Å². The Bertz CT molecular complexity index is 487. The second kappa shape index (κ2) is 9.38. The van der Waals surface area contributed by atoms with E-state index >= 15 is 0 Å². The minimum absolute atomic E-state index is 0. The van der Waals surface area contributed by atoms with E-state index in [0.29, 0.717) is 19.0 Å². The monoisotopic (exact) mass is 390 g/mol. The minimum Gasteiger partial charge on any atom is -0.489 e. The molecule has 1 fully saturated rings. The second-order valence-electron chi connectivity index (χ2n) is 5.66. The maximum atomic E-state index is 12.2. The predicted octanol–water partition coefficient (Wildman–Crippen LogP) is 3.13. The third-order valence-electron chi connectivity index (χ3n) is 4.00. The first-order valence-electron chi connectivity index (χ1n) is 7.50. The highest BCUT2D eigenvalue weighted by Gasteiger charge is 2.31. The van der Waals surface area contributed by atoms with E-state index < -0.39 is 0 Å². The van der Waals surface area contributed by atoms with E-state index in [1.54, 1.807) is 0 Å². The Hall–Kier alpha value is -0.780. The zero-order valence-corrected chi connectivity index (χ0v) is 15.2. The molecule has 1 unspecified atom stereocenters. The van der Waals surface area contributed by atoms with Crippen LogP contribution in [0.1, 0.15) is 26.2 Å². The molecule has 0 bridgehead atoms. The van der Waals surface area contributed by atoms with Crippen LogP contribution in [0.3, 0.4) is 0 Å². The number of carbonyl (C=O) groups is 1. The summed E-state index contributed by atoms with van der Waals surface area (Å²) in [6.07, 6.45) is 3.05. The Morgan fingerprint density at radius 3 is 2.95 bits per heavy atom. The minimum atomic E-state index is -0.0685. The van der Waals surface area contributed by atoms with Crippen molar-refractivity contribution < 1.29 is 9.53 Å². The molecule has 1 saturated carbocycles. The maximum Gasteiger partial charge on any atom is 0.223 e. The summed E-state index contributed by atoms with van der Waals surface area (Å²) in [7, 11) is 0. The van der Waals surface area contributed by atoms with Crippen LogP contribution in [0.25, 0.3) is 0 Å². The first-order valence-corrected chi connectivity index (χ1v) is 8.29. The van der Waals surface area contributed by atoms with Crippen molar-refractivity contribution in [3.8, 4) is 5.75 Å². The van der Waals surface area contributed by atoms with Crippen molar-refractivity contribution in [2.45, 2.75) is 32.3 Å². The van der Waals surface area contributed by atoms with Crippen LogP contribution in [-0.2, 0) is 4.79 Å². The molecule has 6 heteroatoms. The number of rotatable bonds is 6. The van der Waals surface area contributed by atoms with E-state index in [1.165, 1.54) is 0 Å². The summed E-state index contributed by atoms with van der Waals surface area (Å²) in [6.45, 7) is 3.07. The number of halogens is 2. The van der Waals surface area contributed by atoms with E-state index in [0.717, 1.165) is 29.5 Å². The van der Waals surface area contributed by atoms with Crippen molar-refractivity contribution in [3.05, 3.63) is 28.7 Å². The number of nitrogens with two attached hydrogens (primary N) is 1. The van der Waals surface area contributed by atoms with Gasteiger partial charge in [-0.15, -0.1) is 12.4 Å². The van der Waals surface area contributed by atoms with Gasteiger partial charge in [-0.05, 0) is 50.4 Å². The molecule has 0 aromatic heterocycles. The highest BCUT2D eigenvalue weighted by atomic mass is 79.9. The molecule has 22 heavy (non-hydrogen) atoms. The molecule has 1 aliphatic rings. The van der Waals surface area contributed by atoms with Crippen LogP contribution < -0.4 is 15.8 Å². The number of benzene rings is 1. The lowest BCUT2D eigenvalue weighted by atomic mass is 9.95. The Balaban J connectivity index is 0.00000242. The average molecular weight is 392 g/mol. The van der Waals surface area contributed by atoms with Gasteiger partial charge in [0.05, 0.1) is 6.54 Å². The maximum absolute atomic E-state index is 12.2. The summed E-state index contributed by atoms with van der Waals surface area (Å²) >= 11 is 3.41. The summed E-state index contributed by atoms with van der Waals surface area (Å²) < 4.78 is 6.77. The Kier molecular flexibility index (Phi) is 8.21. The quantitative estimate of drug-likeness (QED) is 0.783. The molecule has 0 spiro atoms. The van der Waals surface area contributed by atoms with Gasteiger partial charge in [-0.3, -0.25) is 4.79 Å². The molecule has 1 aromatic carbocycles. The molecule has 4 nitrogen and oxygen atoms in total. The van der Waals surface area contributed by atoms with Crippen molar-refractivity contribution in [1.82, 2.24) is 5.32 Å². The normalized spacial score (nSPS) is 21.8. The lowest BCUT2D eigenvalue weighted by Crippen LogP contribution is -2.39. The summed E-state index contributed by atoms with van der Waals surface area (Å²) in [5.74, 6) is 1.33. The van der Waals surface area contributed by atoms with E-state index in [1.807, 2.05) is 31.2 Å². The van der Waals surface area contributed by atoms with Crippen LogP contribution in [0, 0.1) is 11.8 Å². The molecule has 1 aliphatic carbocycles. The fourth-order valence-electron chi connectivity index (χ4n) is 2.85. The van der Waals surface area contributed by atoms with Crippen LogP contribution in [0.2, 0.25) is 0 Å². The molecule has 0 heterocycles. The number of amides is 1. The smallest absolute Gasteiger partial charge is 0.223 e. The molecule has 3 N–H and O–H groups in total. The Morgan fingerprint density at radius 1 is 1.50 bits per heavy atom. The van der Waals surface area contributed by atoms with Crippen LogP contribution >= 0.6 is 28.3 Å². The van der Waals surface area contributed by atoms with Crippen LogP contribution in [-0.4, -0.2) is 25.1 Å². The zero-order valence-electron chi connectivity index (χ0n) is 12.8. The van der Waals surface area contributed by atoms with Crippen molar-refractivity contribution >= 4 is 34.2 Å². The number of carbonyl (C=O) groups excluding carboxylic acids is 1. The molecule has 3 atom stereocenters. The molecule has 0 saturated heterocycles. The van der Waals surface area contributed by atoms with E-state index in [-0.39, 0.29) is 30.3 Å². The standard InChI is InChI=1S/C16H23BrN2O2.ClH/c1-11(21-14-6-3-5-13(17)8-14)10-19-16(20)15-7-2-4-12(15)9-18;/h3,5-6,8,11-12,15H,2,4,7,9-10,18H2,1H3,(H,19,20);1H/t11?,12-,15-;/m1./s1. The third kappa shape index (κ3) is 5.45. The SMILES string of the molecule is CC(CNC(=O)[C@@H]1CCC[C@@H]1CN)Oc1cccc(Br)c1.Cl. The van der Waals surface area contributed by atoms with E-state index in [2.05, 4.69) is 21.2 Å². The number of hydrogen-bond acceptors (Lipinski definition) is 3. The van der Waals surface area contributed by atoms with Gasteiger partial charge in [0.25, 0.3) is 0 Å². The summed E-state index contributed by atoms with van der Waals surface area (Å²) in [5.41, 5.74) is 5.73. The van der Waals surface area contributed by atoms with Gasteiger partial charge in [0, 0.05) is 10.4 Å². The molecular formula is C16H24BrClN2O2. The number of ether oxygens (including phenoxy) is 1. The summed E-state index contributed by atoms with van der Waals surface area (Å²) in [6, 6.07) is 7.70. The van der Waals surface area contributed by atoms with Gasteiger partial charge >= 0.3 is 0 Å². The first-order chi connectivity index (χ1) is 10.1. The van der Waals surface area contributed by atoms with Crippen LogP contribution in [0.4, 0.5) is 0 Å². The summed E-state index contributed by atoms with van der Waals surface area (Å²) in [4.78, 5) is 12.2. The fourth-order valence-corrected chi connectivity index (χ4v) is 3.23. The molecular weight excluding hydrogens is 368 g/mol. The lowest BCUT2D eigenvalue weighted by molar-refractivity contribution is -0.126. The van der Waals surface area contributed by atoms with Gasteiger partial charge in [0.1, 0.15) is 11.9 Å². The molecule has 0 aliphatic heterocycles. The molecule has 0 radical (unpaired) electrons. The molecule has 124 valence electrons.